The molecule has 0 aliphatic carbocycles. The summed E-state index contributed by atoms with van der Waals surface area (Å²) in [6, 6.07) is 6.16. The number of halogens is 2. The first-order chi connectivity index (χ1) is 8.60. The van der Waals surface area contributed by atoms with E-state index in [9.17, 15) is 0 Å². The Morgan fingerprint density at radius 3 is 2.78 bits per heavy atom. The maximum atomic E-state index is 5.94. The van der Waals surface area contributed by atoms with Crippen molar-refractivity contribution in [1.82, 2.24) is 4.98 Å². The number of pyridine rings is 1. The Morgan fingerprint density at radius 2 is 2.22 bits per heavy atom. The number of hydrogen-bond donors (Lipinski definition) is 0. The Hall–Kier alpha value is -0.580. The zero-order valence-electron chi connectivity index (χ0n) is 10.3. The number of aromatic nitrogens is 1. The van der Waals surface area contributed by atoms with Gasteiger partial charge in [-0.05, 0) is 30.2 Å². The molecule has 0 radical (unpaired) electrons. The zero-order chi connectivity index (χ0) is 13.1. The molecule has 0 saturated carbocycles. The van der Waals surface area contributed by atoms with Crippen LogP contribution in [0.15, 0.2) is 24.4 Å². The number of rotatable bonds is 4. The number of anilines is 1. The van der Waals surface area contributed by atoms with E-state index in [0.29, 0.717) is 0 Å². The first kappa shape index (κ1) is 13.8. The third kappa shape index (κ3) is 3.25. The number of thiophene rings is 1. The molecule has 2 aromatic heterocycles. The molecule has 2 aromatic rings. The molecule has 0 aliphatic heterocycles. The van der Waals surface area contributed by atoms with Gasteiger partial charge in [-0.15, -0.1) is 11.3 Å². The Bertz CT molecular complexity index is 542. The van der Waals surface area contributed by atoms with Gasteiger partial charge in [-0.1, -0.05) is 33.6 Å². The molecule has 5 heteroatoms. The standard InChI is InChI=1S/C13H14BrClN2S/c1-9-5-10(6-14)7-16-13(9)17(2)8-11-3-4-12(15)18-11/h3-5,7H,6,8H2,1-2H3. The summed E-state index contributed by atoms with van der Waals surface area (Å²) in [5, 5.41) is 0.839. The van der Waals surface area contributed by atoms with Crippen LogP contribution in [0.1, 0.15) is 16.0 Å². The summed E-state index contributed by atoms with van der Waals surface area (Å²) in [4.78, 5) is 7.91. The topological polar surface area (TPSA) is 16.1 Å². The Labute approximate surface area is 125 Å². The van der Waals surface area contributed by atoms with Gasteiger partial charge in [-0.25, -0.2) is 4.98 Å². The van der Waals surface area contributed by atoms with Gasteiger partial charge in [0, 0.05) is 23.5 Å². The molecular weight excluding hydrogens is 332 g/mol. The maximum absolute atomic E-state index is 5.94. The Balaban J connectivity index is 2.15. The first-order valence-electron chi connectivity index (χ1n) is 5.57. The van der Waals surface area contributed by atoms with Crippen LogP contribution in [0.2, 0.25) is 4.34 Å². The van der Waals surface area contributed by atoms with Gasteiger partial charge in [-0.2, -0.15) is 0 Å². The minimum Gasteiger partial charge on any atom is -0.354 e. The van der Waals surface area contributed by atoms with Crippen LogP contribution in [0.4, 0.5) is 5.82 Å². The average Bonchev–Trinajstić information content (AvgIpc) is 2.74. The molecule has 0 bridgehead atoms. The third-order valence-electron chi connectivity index (χ3n) is 2.65. The molecule has 0 saturated heterocycles. The van der Waals surface area contributed by atoms with Gasteiger partial charge in [0.2, 0.25) is 0 Å². The van der Waals surface area contributed by atoms with Crippen LogP contribution in [0, 0.1) is 6.92 Å². The van der Waals surface area contributed by atoms with Gasteiger partial charge >= 0.3 is 0 Å². The predicted molar refractivity (Wildman–Crippen MR) is 83.0 cm³/mol. The molecule has 0 amide bonds. The zero-order valence-corrected chi connectivity index (χ0v) is 13.4. The van der Waals surface area contributed by atoms with E-state index in [2.05, 4.69) is 51.9 Å². The molecule has 2 rings (SSSR count). The molecule has 18 heavy (non-hydrogen) atoms. The summed E-state index contributed by atoms with van der Waals surface area (Å²) in [6.07, 6.45) is 1.91. The number of alkyl halides is 1. The van der Waals surface area contributed by atoms with Crippen molar-refractivity contribution in [2.45, 2.75) is 18.8 Å². The quantitative estimate of drug-likeness (QED) is 0.751. The van der Waals surface area contributed by atoms with Crippen LogP contribution in [0.25, 0.3) is 0 Å². The van der Waals surface area contributed by atoms with E-state index in [4.69, 9.17) is 11.6 Å². The van der Waals surface area contributed by atoms with Gasteiger partial charge in [-0.3, -0.25) is 0 Å². The van der Waals surface area contributed by atoms with Crippen molar-refractivity contribution in [3.05, 3.63) is 44.7 Å². The second-order valence-corrected chi connectivity index (χ2v) is 6.54. The number of nitrogens with zero attached hydrogens (tertiary/aromatic N) is 2. The van der Waals surface area contributed by atoms with Crippen molar-refractivity contribution in [3.63, 3.8) is 0 Å². The lowest BCUT2D eigenvalue weighted by Gasteiger charge is -2.19. The molecular formula is C13H14BrClN2S. The summed E-state index contributed by atoms with van der Waals surface area (Å²) in [6.45, 7) is 2.92. The second kappa shape index (κ2) is 6.04. The van der Waals surface area contributed by atoms with Crippen LogP contribution in [-0.2, 0) is 11.9 Å². The lowest BCUT2D eigenvalue weighted by molar-refractivity contribution is 0.902. The van der Waals surface area contributed by atoms with Crippen molar-refractivity contribution in [1.29, 1.82) is 0 Å². The summed E-state index contributed by atoms with van der Waals surface area (Å²) >= 11 is 11.0. The van der Waals surface area contributed by atoms with Crippen LogP contribution >= 0.6 is 38.9 Å². The van der Waals surface area contributed by atoms with E-state index in [1.807, 2.05) is 12.3 Å². The lowest BCUT2D eigenvalue weighted by Crippen LogP contribution is -2.18. The van der Waals surface area contributed by atoms with Crippen molar-refractivity contribution in [2.75, 3.05) is 11.9 Å². The van der Waals surface area contributed by atoms with Crippen molar-refractivity contribution in [3.8, 4) is 0 Å². The van der Waals surface area contributed by atoms with Gasteiger partial charge in [0.05, 0.1) is 10.9 Å². The molecule has 96 valence electrons. The fraction of sp³-hybridized carbons (Fsp3) is 0.308. The van der Waals surface area contributed by atoms with E-state index in [-0.39, 0.29) is 0 Å². The van der Waals surface area contributed by atoms with Gasteiger partial charge < -0.3 is 4.90 Å². The highest BCUT2D eigenvalue weighted by Gasteiger charge is 2.09. The van der Waals surface area contributed by atoms with Crippen molar-refractivity contribution >= 4 is 44.7 Å². The predicted octanol–water partition coefficient (Wildman–Crippen LogP) is 4.64. The third-order valence-corrected chi connectivity index (χ3v) is 4.51. The monoisotopic (exact) mass is 344 g/mol. The first-order valence-corrected chi connectivity index (χ1v) is 7.88. The van der Waals surface area contributed by atoms with Crippen LogP contribution in [0.3, 0.4) is 0 Å². The maximum Gasteiger partial charge on any atom is 0.131 e. The number of aryl methyl sites for hydroxylation is 1. The van der Waals surface area contributed by atoms with Gasteiger partial charge in [0.25, 0.3) is 0 Å². The molecule has 2 heterocycles. The molecule has 0 aliphatic rings. The van der Waals surface area contributed by atoms with Crippen molar-refractivity contribution < 1.29 is 0 Å². The van der Waals surface area contributed by atoms with E-state index < -0.39 is 0 Å². The summed E-state index contributed by atoms with van der Waals surface area (Å²) < 4.78 is 0.831. The fourth-order valence-corrected chi connectivity index (χ4v) is 3.29. The van der Waals surface area contributed by atoms with Crippen LogP contribution in [-0.4, -0.2) is 12.0 Å². The normalized spacial score (nSPS) is 10.7. The highest BCUT2D eigenvalue weighted by Crippen LogP contribution is 2.25. The summed E-state index contributed by atoms with van der Waals surface area (Å²) in [5.41, 5.74) is 2.39. The molecule has 0 aromatic carbocycles. The van der Waals surface area contributed by atoms with Gasteiger partial charge in [0.1, 0.15) is 5.82 Å². The Morgan fingerprint density at radius 1 is 1.44 bits per heavy atom. The van der Waals surface area contributed by atoms with Crippen LogP contribution in [0.5, 0.6) is 0 Å². The fourth-order valence-electron chi connectivity index (χ4n) is 1.84. The van der Waals surface area contributed by atoms with E-state index in [1.165, 1.54) is 16.0 Å². The lowest BCUT2D eigenvalue weighted by atomic mass is 10.2. The number of hydrogen-bond acceptors (Lipinski definition) is 3. The minimum absolute atomic E-state index is 0.831. The average molecular weight is 346 g/mol. The second-order valence-electron chi connectivity index (χ2n) is 4.18. The molecule has 0 atom stereocenters. The minimum atomic E-state index is 0.831. The van der Waals surface area contributed by atoms with Crippen molar-refractivity contribution in [2.24, 2.45) is 0 Å². The Kier molecular flexibility index (Phi) is 4.65. The summed E-state index contributed by atoms with van der Waals surface area (Å²) in [5.74, 6) is 1.02. The molecule has 0 N–H and O–H groups in total. The highest BCUT2D eigenvalue weighted by molar-refractivity contribution is 9.08. The highest BCUT2D eigenvalue weighted by atomic mass is 79.9. The van der Waals surface area contributed by atoms with E-state index >= 15 is 0 Å². The van der Waals surface area contributed by atoms with E-state index in [1.54, 1.807) is 11.3 Å². The summed E-state index contributed by atoms with van der Waals surface area (Å²) in [7, 11) is 2.05. The molecule has 0 spiro atoms. The van der Waals surface area contributed by atoms with Gasteiger partial charge in [0.15, 0.2) is 0 Å². The molecule has 0 fully saturated rings. The molecule has 2 nitrogen and oxygen atoms in total. The smallest absolute Gasteiger partial charge is 0.131 e. The van der Waals surface area contributed by atoms with Crippen LogP contribution < -0.4 is 4.90 Å². The SMILES string of the molecule is Cc1cc(CBr)cnc1N(C)Cc1ccc(Cl)s1. The van der Waals surface area contributed by atoms with E-state index in [0.717, 1.165) is 22.0 Å². The largest absolute Gasteiger partial charge is 0.354 e. The molecule has 0 unspecified atom stereocenters.